The number of rotatable bonds is 5. The fraction of sp³-hybridized carbons (Fsp3) is 0.667. The first-order chi connectivity index (χ1) is 7.97. The predicted molar refractivity (Wildman–Crippen MR) is 69.1 cm³/mol. The molecular weight excluding hydrogens is 216 g/mol. The SMILES string of the molecule is COc1ccnc(NC(CCN)C(C)(C)C)n1. The van der Waals surface area contributed by atoms with Crippen LogP contribution in [0.15, 0.2) is 12.3 Å². The minimum atomic E-state index is 0.103. The van der Waals surface area contributed by atoms with Crippen LogP contribution in [0.25, 0.3) is 0 Å². The minimum absolute atomic E-state index is 0.103. The summed E-state index contributed by atoms with van der Waals surface area (Å²) in [5.41, 5.74) is 5.73. The Morgan fingerprint density at radius 3 is 2.71 bits per heavy atom. The third-order valence-electron chi connectivity index (χ3n) is 2.64. The van der Waals surface area contributed by atoms with Gasteiger partial charge in [0.05, 0.1) is 7.11 Å². The predicted octanol–water partition coefficient (Wildman–Crippen LogP) is 1.66. The van der Waals surface area contributed by atoms with E-state index < -0.39 is 0 Å². The maximum absolute atomic E-state index is 5.63. The molecule has 17 heavy (non-hydrogen) atoms. The fourth-order valence-electron chi connectivity index (χ4n) is 1.57. The largest absolute Gasteiger partial charge is 0.481 e. The molecule has 1 atom stereocenters. The number of nitrogens with two attached hydrogens (primary N) is 1. The lowest BCUT2D eigenvalue weighted by atomic mass is 9.85. The summed E-state index contributed by atoms with van der Waals surface area (Å²) in [5, 5.41) is 3.31. The molecule has 0 amide bonds. The van der Waals surface area contributed by atoms with E-state index in [0.29, 0.717) is 18.4 Å². The van der Waals surface area contributed by atoms with E-state index in [4.69, 9.17) is 10.5 Å². The molecule has 0 bridgehead atoms. The first-order valence-corrected chi connectivity index (χ1v) is 5.81. The smallest absolute Gasteiger partial charge is 0.226 e. The second kappa shape index (κ2) is 5.82. The van der Waals surface area contributed by atoms with Crippen molar-refractivity contribution in [1.29, 1.82) is 0 Å². The quantitative estimate of drug-likeness (QED) is 0.816. The molecule has 0 saturated heterocycles. The van der Waals surface area contributed by atoms with Crippen LogP contribution in [0.2, 0.25) is 0 Å². The third kappa shape index (κ3) is 4.19. The summed E-state index contributed by atoms with van der Waals surface area (Å²) in [7, 11) is 1.59. The van der Waals surface area contributed by atoms with Crippen molar-refractivity contribution in [3.63, 3.8) is 0 Å². The number of nitrogens with zero attached hydrogens (tertiary/aromatic N) is 2. The summed E-state index contributed by atoms with van der Waals surface area (Å²) in [4.78, 5) is 8.42. The molecule has 1 aromatic rings. The van der Waals surface area contributed by atoms with E-state index in [1.807, 2.05) is 0 Å². The summed E-state index contributed by atoms with van der Waals surface area (Å²) < 4.78 is 5.07. The van der Waals surface area contributed by atoms with Gasteiger partial charge in [-0.25, -0.2) is 4.98 Å². The molecule has 1 unspecified atom stereocenters. The average Bonchev–Trinajstić information content (AvgIpc) is 2.27. The Balaban J connectivity index is 2.78. The molecule has 96 valence electrons. The highest BCUT2D eigenvalue weighted by molar-refractivity contribution is 5.29. The number of nitrogens with one attached hydrogen (secondary N) is 1. The first-order valence-electron chi connectivity index (χ1n) is 5.81. The molecule has 0 aliphatic rings. The molecule has 5 nitrogen and oxygen atoms in total. The van der Waals surface area contributed by atoms with Crippen LogP contribution in [-0.2, 0) is 0 Å². The fourth-order valence-corrected chi connectivity index (χ4v) is 1.57. The van der Waals surface area contributed by atoms with Crippen molar-refractivity contribution in [2.45, 2.75) is 33.2 Å². The second-order valence-electron chi connectivity index (χ2n) is 5.06. The molecule has 1 aromatic heterocycles. The van der Waals surface area contributed by atoms with E-state index in [0.717, 1.165) is 6.42 Å². The van der Waals surface area contributed by atoms with Crippen molar-refractivity contribution in [2.24, 2.45) is 11.1 Å². The van der Waals surface area contributed by atoms with E-state index in [9.17, 15) is 0 Å². The van der Waals surface area contributed by atoms with Gasteiger partial charge in [0.25, 0.3) is 0 Å². The Morgan fingerprint density at radius 1 is 1.47 bits per heavy atom. The normalized spacial score (nSPS) is 13.2. The van der Waals surface area contributed by atoms with Crippen LogP contribution in [0.4, 0.5) is 5.95 Å². The number of hydrogen-bond acceptors (Lipinski definition) is 5. The van der Waals surface area contributed by atoms with Crippen LogP contribution in [-0.4, -0.2) is 29.7 Å². The molecule has 0 aliphatic carbocycles. The van der Waals surface area contributed by atoms with Gasteiger partial charge in [-0.1, -0.05) is 20.8 Å². The monoisotopic (exact) mass is 238 g/mol. The lowest BCUT2D eigenvalue weighted by Gasteiger charge is -2.31. The van der Waals surface area contributed by atoms with Crippen molar-refractivity contribution in [3.05, 3.63) is 12.3 Å². The van der Waals surface area contributed by atoms with E-state index in [1.165, 1.54) is 0 Å². The number of hydrogen-bond donors (Lipinski definition) is 2. The summed E-state index contributed by atoms with van der Waals surface area (Å²) in [6.45, 7) is 7.14. The highest BCUT2D eigenvalue weighted by atomic mass is 16.5. The lowest BCUT2D eigenvalue weighted by Crippen LogP contribution is -2.36. The Bertz CT molecular complexity index is 349. The van der Waals surface area contributed by atoms with Crippen LogP contribution < -0.4 is 15.8 Å². The Morgan fingerprint density at radius 2 is 2.18 bits per heavy atom. The summed E-state index contributed by atoms with van der Waals surface area (Å²) in [6, 6.07) is 1.96. The van der Waals surface area contributed by atoms with E-state index in [2.05, 4.69) is 36.1 Å². The van der Waals surface area contributed by atoms with Gasteiger partial charge >= 0.3 is 0 Å². The van der Waals surface area contributed by atoms with E-state index >= 15 is 0 Å². The highest BCUT2D eigenvalue weighted by Gasteiger charge is 2.24. The van der Waals surface area contributed by atoms with Gasteiger partial charge in [-0.15, -0.1) is 0 Å². The van der Waals surface area contributed by atoms with Gasteiger partial charge in [0.1, 0.15) is 0 Å². The van der Waals surface area contributed by atoms with Crippen molar-refractivity contribution in [3.8, 4) is 5.88 Å². The van der Waals surface area contributed by atoms with Crippen molar-refractivity contribution in [1.82, 2.24) is 9.97 Å². The lowest BCUT2D eigenvalue weighted by molar-refractivity contribution is 0.326. The maximum atomic E-state index is 5.63. The number of anilines is 1. The first kappa shape index (κ1) is 13.7. The molecule has 0 radical (unpaired) electrons. The topological polar surface area (TPSA) is 73.1 Å². The van der Waals surface area contributed by atoms with Crippen molar-refractivity contribution >= 4 is 5.95 Å². The number of methoxy groups -OCH3 is 1. The molecule has 0 spiro atoms. The second-order valence-corrected chi connectivity index (χ2v) is 5.06. The average molecular weight is 238 g/mol. The van der Waals surface area contributed by atoms with Crippen LogP contribution in [0.3, 0.4) is 0 Å². The van der Waals surface area contributed by atoms with Gasteiger partial charge < -0.3 is 15.8 Å². The van der Waals surface area contributed by atoms with E-state index in [-0.39, 0.29) is 11.5 Å². The van der Waals surface area contributed by atoms with E-state index in [1.54, 1.807) is 19.4 Å². The van der Waals surface area contributed by atoms with Crippen LogP contribution in [0.1, 0.15) is 27.2 Å². The highest BCUT2D eigenvalue weighted by Crippen LogP contribution is 2.24. The van der Waals surface area contributed by atoms with Gasteiger partial charge in [0.2, 0.25) is 11.8 Å². The zero-order chi connectivity index (χ0) is 12.9. The molecule has 5 heteroatoms. The molecule has 1 heterocycles. The van der Waals surface area contributed by atoms with Crippen LogP contribution in [0, 0.1) is 5.41 Å². The van der Waals surface area contributed by atoms with Gasteiger partial charge in [0, 0.05) is 18.3 Å². The molecular formula is C12H22N4O. The minimum Gasteiger partial charge on any atom is -0.481 e. The zero-order valence-corrected chi connectivity index (χ0v) is 11.0. The Hall–Kier alpha value is -1.36. The van der Waals surface area contributed by atoms with Crippen LogP contribution in [0.5, 0.6) is 5.88 Å². The molecule has 1 rings (SSSR count). The van der Waals surface area contributed by atoms with Crippen molar-refractivity contribution in [2.75, 3.05) is 19.0 Å². The van der Waals surface area contributed by atoms with Crippen molar-refractivity contribution < 1.29 is 4.74 Å². The Kier molecular flexibility index (Phi) is 4.69. The summed E-state index contributed by atoms with van der Waals surface area (Å²) in [5.74, 6) is 1.14. The zero-order valence-electron chi connectivity index (χ0n) is 11.0. The molecule has 0 aromatic carbocycles. The molecule has 3 N–H and O–H groups in total. The van der Waals surface area contributed by atoms with Gasteiger partial charge in [0.15, 0.2) is 0 Å². The molecule has 0 aliphatic heterocycles. The summed E-state index contributed by atoms with van der Waals surface area (Å²) >= 11 is 0. The third-order valence-corrected chi connectivity index (χ3v) is 2.64. The maximum Gasteiger partial charge on any atom is 0.226 e. The van der Waals surface area contributed by atoms with Gasteiger partial charge in [-0.3, -0.25) is 0 Å². The van der Waals surface area contributed by atoms with Gasteiger partial charge in [-0.2, -0.15) is 4.98 Å². The molecule has 0 fully saturated rings. The number of ether oxygens (including phenoxy) is 1. The van der Waals surface area contributed by atoms with Crippen LogP contribution >= 0.6 is 0 Å². The standard InChI is InChI=1S/C12H22N4O/c1-12(2,3)9(5-7-13)15-11-14-8-6-10(16-11)17-4/h6,8-9H,5,7,13H2,1-4H3,(H,14,15,16). The molecule has 0 saturated carbocycles. The number of aromatic nitrogens is 2. The van der Waals surface area contributed by atoms with Gasteiger partial charge in [-0.05, 0) is 18.4 Å². The Labute approximate surface area is 103 Å². The summed E-state index contributed by atoms with van der Waals surface area (Å²) in [6.07, 6.45) is 2.56.